The van der Waals surface area contributed by atoms with Gasteiger partial charge in [-0.3, -0.25) is 9.97 Å². The van der Waals surface area contributed by atoms with Crippen molar-refractivity contribution in [3.63, 3.8) is 0 Å². The van der Waals surface area contributed by atoms with Crippen LogP contribution >= 0.6 is 0 Å². The molecule has 0 aliphatic rings. The first-order valence-electron chi connectivity index (χ1n) is 8.91. The molecule has 2 aromatic carbocycles. The first kappa shape index (κ1) is 23.5. The summed E-state index contributed by atoms with van der Waals surface area (Å²) in [5.74, 6) is 0. The smallest absolute Gasteiger partial charge is 0.258 e. The van der Waals surface area contributed by atoms with E-state index >= 15 is 0 Å². The molecular formula is C25H24N2Pt. The van der Waals surface area contributed by atoms with Crippen molar-refractivity contribution in [2.75, 3.05) is 0 Å². The molecule has 3 heteroatoms. The molecule has 28 heavy (non-hydrogen) atoms. The average Bonchev–Trinajstić information content (AvgIpc) is 2.72. The third-order valence-electron chi connectivity index (χ3n) is 3.47. The summed E-state index contributed by atoms with van der Waals surface area (Å²) in [6.45, 7) is 4.01. The molecule has 0 fully saturated rings. The minimum absolute atomic E-state index is 0. The van der Waals surface area contributed by atoms with Crippen LogP contribution in [0.3, 0.4) is 0 Å². The molecule has 4 aromatic rings. The molecule has 0 atom stereocenters. The minimum Gasteiger partial charge on any atom is -0.258 e. The first-order chi connectivity index (χ1) is 13.2. The summed E-state index contributed by atoms with van der Waals surface area (Å²) in [7, 11) is 0. The van der Waals surface area contributed by atoms with E-state index in [4.69, 9.17) is 0 Å². The van der Waals surface area contributed by atoms with Crippen LogP contribution in [0.5, 0.6) is 0 Å². The maximum absolute atomic E-state index is 4.46. The Bertz CT molecular complexity index is 752. The van der Waals surface area contributed by atoms with E-state index in [-0.39, 0.29) is 21.1 Å². The summed E-state index contributed by atoms with van der Waals surface area (Å²) >= 11 is 0. The van der Waals surface area contributed by atoms with Crippen LogP contribution in [-0.4, -0.2) is 9.97 Å². The molecule has 0 unspecified atom stereocenters. The molecule has 0 N–H and O–H groups in total. The molecule has 0 saturated heterocycles. The molecule has 0 saturated carbocycles. The predicted molar refractivity (Wildman–Crippen MR) is 111 cm³/mol. The van der Waals surface area contributed by atoms with E-state index < -0.39 is 0 Å². The maximum atomic E-state index is 4.46. The van der Waals surface area contributed by atoms with Gasteiger partial charge in [0.2, 0.25) is 0 Å². The van der Waals surface area contributed by atoms with E-state index in [0.717, 1.165) is 29.2 Å². The summed E-state index contributed by atoms with van der Waals surface area (Å²) in [6, 6.07) is 37.2. The van der Waals surface area contributed by atoms with Crippen molar-refractivity contribution >= 4 is 0 Å². The van der Waals surface area contributed by atoms with Crippen molar-refractivity contribution in [2.24, 2.45) is 0 Å². The number of hydrogen-bond acceptors (Lipinski definition) is 2. The molecule has 144 valence electrons. The van der Waals surface area contributed by atoms with Crippen LogP contribution in [0, 0.1) is 26.0 Å². The van der Waals surface area contributed by atoms with Crippen molar-refractivity contribution in [1.29, 1.82) is 0 Å². The molecule has 4 rings (SSSR count). The number of rotatable bonds is 2. The molecule has 0 spiro atoms. The van der Waals surface area contributed by atoms with Crippen molar-refractivity contribution in [3.05, 3.63) is 132 Å². The van der Waals surface area contributed by atoms with Gasteiger partial charge in [-0.15, -0.1) is 0 Å². The average molecular weight is 548 g/mol. The second kappa shape index (κ2) is 14.5. The van der Waals surface area contributed by atoms with Gasteiger partial charge in [0.25, 0.3) is 0 Å². The fourth-order valence-corrected chi connectivity index (χ4v) is 2.27. The standard InChI is InChI=1S/C13H14N2.2C6H5.Pt/c1-10-5-3-7-12(14-10)9-13-8-4-6-11(2)15-13;2*1-2-4-6-5-3-1;/h3-8H,9H2,1-2H3;2*1-5H;/q;2*-1;+2. The third kappa shape index (κ3) is 10.5. The van der Waals surface area contributed by atoms with Crippen molar-refractivity contribution in [3.8, 4) is 0 Å². The third-order valence-corrected chi connectivity index (χ3v) is 3.47. The second-order valence-electron chi connectivity index (χ2n) is 5.87. The van der Waals surface area contributed by atoms with Crippen LogP contribution in [0.15, 0.2) is 97.1 Å². The van der Waals surface area contributed by atoms with Crippen LogP contribution in [-0.2, 0) is 27.5 Å². The topological polar surface area (TPSA) is 25.8 Å². The zero-order chi connectivity index (χ0) is 19.2. The van der Waals surface area contributed by atoms with Gasteiger partial charge in [-0.25, -0.2) is 0 Å². The Balaban J connectivity index is 0.000000249. The van der Waals surface area contributed by atoms with Crippen LogP contribution in [0.1, 0.15) is 22.8 Å². The van der Waals surface area contributed by atoms with Crippen molar-refractivity contribution < 1.29 is 21.1 Å². The van der Waals surface area contributed by atoms with Crippen LogP contribution in [0.2, 0.25) is 0 Å². The summed E-state index contributed by atoms with van der Waals surface area (Å²) in [5, 5.41) is 0. The second-order valence-corrected chi connectivity index (χ2v) is 5.87. The van der Waals surface area contributed by atoms with Gasteiger partial charge in [0, 0.05) is 29.2 Å². The molecule has 0 amide bonds. The molecule has 2 heterocycles. The predicted octanol–water partition coefficient (Wildman–Crippen LogP) is 5.66. The molecule has 0 aliphatic carbocycles. The number of nitrogens with zero attached hydrogens (tertiary/aromatic N) is 2. The summed E-state index contributed by atoms with van der Waals surface area (Å²) in [5.41, 5.74) is 4.27. The Morgan fingerprint density at radius 3 is 1.21 bits per heavy atom. The van der Waals surface area contributed by atoms with E-state index in [0.29, 0.717) is 0 Å². The van der Waals surface area contributed by atoms with Gasteiger partial charge in [-0.2, -0.15) is 72.8 Å². The fourth-order valence-electron chi connectivity index (χ4n) is 2.27. The Hall–Kier alpha value is -2.57. The molecule has 0 aliphatic heterocycles. The van der Waals surface area contributed by atoms with Gasteiger partial charge in [0.05, 0.1) is 0 Å². The number of hydrogen-bond donors (Lipinski definition) is 0. The molecule has 2 aromatic heterocycles. The SMILES string of the molecule is Cc1cccc(Cc2cccc(C)n2)n1.[Pt+2].[c-]1ccccc1.[c-]1ccccc1. The zero-order valence-electron chi connectivity index (χ0n) is 16.2. The van der Waals surface area contributed by atoms with E-state index in [9.17, 15) is 0 Å². The Labute approximate surface area is 183 Å². The van der Waals surface area contributed by atoms with Crippen LogP contribution < -0.4 is 0 Å². The number of pyridine rings is 2. The van der Waals surface area contributed by atoms with Gasteiger partial charge >= 0.3 is 21.1 Å². The molecule has 2 nitrogen and oxygen atoms in total. The van der Waals surface area contributed by atoms with Crippen LogP contribution in [0.4, 0.5) is 0 Å². The van der Waals surface area contributed by atoms with E-state index in [2.05, 4.69) is 22.1 Å². The largest absolute Gasteiger partial charge is 2.00 e. The first-order valence-corrected chi connectivity index (χ1v) is 8.91. The van der Waals surface area contributed by atoms with Gasteiger partial charge in [0.15, 0.2) is 0 Å². The normalized spacial score (nSPS) is 8.93. The quantitative estimate of drug-likeness (QED) is 0.303. The van der Waals surface area contributed by atoms with E-state index in [1.165, 1.54) is 0 Å². The van der Waals surface area contributed by atoms with Gasteiger partial charge in [-0.05, 0) is 38.1 Å². The van der Waals surface area contributed by atoms with Crippen LogP contribution in [0.25, 0.3) is 0 Å². The van der Waals surface area contributed by atoms with E-state index in [1.807, 2.05) is 111 Å². The molecule has 0 bridgehead atoms. The van der Waals surface area contributed by atoms with Gasteiger partial charge in [-0.1, -0.05) is 12.1 Å². The fraction of sp³-hybridized carbons (Fsp3) is 0.120. The monoisotopic (exact) mass is 547 g/mol. The van der Waals surface area contributed by atoms with Crippen molar-refractivity contribution in [2.45, 2.75) is 20.3 Å². The summed E-state index contributed by atoms with van der Waals surface area (Å²) in [4.78, 5) is 8.92. The Morgan fingerprint density at radius 2 is 0.964 bits per heavy atom. The number of aromatic nitrogens is 2. The van der Waals surface area contributed by atoms with Gasteiger partial charge < -0.3 is 0 Å². The van der Waals surface area contributed by atoms with Gasteiger partial charge in [0.1, 0.15) is 0 Å². The Kier molecular flexibility index (Phi) is 12.1. The minimum atomic E-state index is 0. The summed E-state index contributed by atoms with van der Waals surface area (Å²) in [6.07, 6.45) is 0.809. The van der Waals surface area contributed by atoms with E-state index in [1.54, 1.807) is 0 Å². The molecule has 0 radical (unpaired) electrons. The Morgan fingerprint density at radius 1 is 0.571 bits per heavy atom. The van der Waals surface area contributed by atoms with Crippen molar-refractivity contribution in [1.82, 2.24) is 9.97 Å². The zero-order valence-corrected chi connectivity index (χ0v) is 18.4. The number of benzene rings is 2. The molecular weight excluding hydrogens is 523 g/mol. The summed E-state index contributed by atoms with van der Waals surface area (Å²) < 4.78 is 0. The number of aryl methyl sites for hydroxylation is 2. The maximum Gasteiger partial charge on any atom is 2.00 e.